The minimum absolute atomic E-state index is 0.0322. The first-order valence-corrected chi connectivity index (χ1v) is 13.8. The van der Waals surface area contributed by atoms with Crippen LogP contribution in [0.3, 0.4) is 0 Å². The molecule has 3 atom stereocenters. The number of carbonyl (C=O) groups is 4. The molecule has 2 saturated heterocycles. The van der Waals surface area contributed by atoms with Gasteiger partial charge in [0.15, 0.2) is 0 Å². The van der Waals surface area contributed by atoms with E-state index < -0.39 is 60.7 Å². The lowest BCUT2D eigenvalue weighted by Crippen LogP contribution is -2.51. The maximum atomic E-state index is 13.7. The predicted molar refractivity (Wildman–Crippen MR) is 143 cm³/mol. The highest BCUT2D eigenvalue weighted by atomic mass is 19.4. The molecule has 2 fully saturated rings. The highest BCUT2D eigenvalue weighted by molar-refractivity contribution is 6.06. The van der Waals surface area contributed by atoms with E-state index in [0.717, 1.165) is 31.9 Å². The average Bonchev–Trinajstić information content (AvgIpc) is 3.66. The second kappa shape index (κ2) is 11.8. The minimum Gasteiger partial charge on any atom is -0.427 e. The lowest BCUT2D eigenvalue weighted by Gasteiger charge is -2.31. The SMILES string of the molecule is C[C@H](N(Cc1ccc(F)cc1)C(=O)CN1C(=O)O[C@@]2(CCc3cc(NC(=O)NC[C@@H]4CCCO4)ccc32)C1=O)C(F)(F)F. The smallest absolute Gasteiger partial charge is 0.418 e. The van der Waals surface area contributed by atoms with Crippen molar-refractivity contribution >= 4 is 29.6 Å². The highest BCUT2D eigenvalue weighted by Crippen LogP contribution is 2.46. The van der Waals surface area contributed by atoms with Gasteiger partial charge in [0.1, 0.15) is 18.4 Å². The number of rotatable bonds is 8. The summed E-state index contributed by atoms with van der Waals surface area (Å²) in [4.78, 5) is 52.9. The Balaban J connectivity index is 1.28. The third-order valence-electron chi connectivity index (χ3n) is 7.95. The fourth-order valence-corrected chi connectivity index (χ4v) is 5.55. The average molecular weight is 607 g/mol. The second-order valence-electron chi connectivity index (χ2n) is 10.8. The Bertz CT molecular complexity index is 1410. The molecule has 14 heteroatoms. The molecule has 0 saturated carbocycles. The van der Waals surface area contributed by atoms with E-state index in [-0.39, 0.29) is 18.1 Å². The standard InChI is InChI=1S/C29H30F4N4O6/c1-17(29(31,32)33)36(15-18-4-6-20(30)7-5-18)24(38)16-37-25(39)28(43-27(37)41)11-10-19-13-21(8-9-23(19)28)35-26(40)34-14-22-3-2-12-42-22/h4-9,13,17,22H,2-3,10-12,14-16H2,1H3,(H2,34,35,40)/t17-,22-,28+/m0/s1. The number of aryl methyl sites for hydroxylation is 1. The third-order valence-corrected chi connectivity index (χ3v) is 7.95. The molecular formula is C29H30F4N4O6. The fourth-order valence-electron chi connectivity index (χ4n) is 5.55. The largest absolute Gasteiger partial charge is 0.427 e. The van der Waals surface area contributed by atoms with E-state index in [1.807, 2.05) is 0 Å². The van der Waals surface area contributed by atoms with Crippen molar-refractivity contribution in [1.82, 2.24) is 15.1 Å². The van der Waals surface area contributed by atoms with Gasteiger partial charge in [-0.2, -0.15) is 13.2 Å². The van der Waals surface area contributed by atoms with Gasteiger partial charge in [0.2, 0.25) is 11.5 Å². The van der Waals surface area contributed by atoms with Crippen molar-refractivity contribution in [2.45, 2.75) is 63.1 Å². The van der Waals surface area contributed by atoms with Crippen molar-refractivity contribution in [2.24, 2.45) is 0 Å². The number of imide groups is 1. The van der Waals surface area contributed by atoms with E-state index in [1.165, 1.54) is 12.1 Å². The molecule has 2 aliphatic heterocycles. The van der Waals surface area contributed by atoms with Gasteiger partial charge in [-0.15, -0.1) is 0 Å². The number of anilines is 1. The number of hydrogen-bond donors (Lipinski definition) is 2. The van der Waals surface area contributed by atoms with E-state index >= 15 is 0 Å². The number of halogens is 4. The quantitative estimate of drug-likeness (QED) is 0.435. The lowest BCUT2D eigenvalue weighted by molar-refractivity contribution is -0.187. The first kappa shape index (κ1) is 30.3. The molecule has 5 amide bonds. The summed E-state index contributed by atoms with van der Waals surface area (Å²) in [5, 5.41) is 5.46. The van der Waals surface area contributed by atoms with E-state index in [4.69, 9.17) is 9.47 Å². The first-order valence-electron chi connectivity index (χ1n) is 13.8. The van der Waals surface area contributed by atoms with Crippen LogP contribution in [0.15, 0.2) is 42.5 Å². The maximum absolute atomic E-state index is 13.7. The molecule has 0 aromatic heterocycles. The van der Waals surface area contributed by atoms with Crippen molar-refractivity contribution in [3.05, 3.63) is 65.0 Å². The maximum Gasteiger partial charge on any atom is 0.418 e. The van der Waals surface area contributed by atoms with Gasteiger partial charge in [0, 0.05) is 37.4 Å². The summed E-state index contributed by atoms with van der Waals surface area (Å²) in [6.45, 7) is 0.315. The number of fused-ring (bicyclic) bond motifs is 2. The molecule has 0 radical (unpaired) electrons. The van der Waals surface area contributed by atoms with Crippen LogP contribution in [-0.2, 0) is 37.6 Å². The van der Waals surface area contributed by atoms with Gasteiger partial charge in [0.25, 0.3) is 5.91 Å². The lowest BCUT2D eigenvalue weighted by atomic mass is 9.94. The Kier molecular flexibility index (Phi) is 8.32. The predicted octanol–water partition coefficient (Wildman–Crippen LogP) is 4.23. The fraction of sp³-hybridized carbons (Fsp3) is 0.448. The Morgan fingerprint density at radius 3 is 2.58 bits per heavy atom. The summed E-state index contributed by atoms with van der Waals surface area (Å²) in [6, 6.07) is 6.64. The topological polar surface area (TPSA) is 117 Å². The second-order valence-corrected chi connectivity index (χ2v) is 10.8. The number of benzene rings is 2. The zero-order valence-corrected chi connectivity index (χ0v) is 23.2. The first-order chi connectivity index (χ1) is 20.4. The van der Waals surface area contributed by atoms with Crippen molar-refractivity contribution in [2.75, 3.05) is 25.0 Å². The van der Waals surface area contributed by atoms with Crippen LogP contribution in [0, 0.1) is 5.82 Å². The molecule has 43 heavy (non-hydrogen) atoms. The monoisotopic (exact) mass is 606 g/mol. The van der Waals surface area contributed by atoms with Crippen molar-refractivity contribution < 1.29 is 46.2 Å². The molecule has 5 rings (SSSR count). The molecule has 0 unspecified atom stereocenters. The van der Waals surface area contributed by atoms with Crippen LogP contribution in [-0.4, -0.2) is 71.8 Å². The van der Waals surface area contributed by atoms with Gasteiger partial charge < -0.3 is 25.0 Å². The van der Waals surface area contributed by atoms with Crippen molar-refractivity contribution in [3.8, 4) is 0 Å². The number of nitrogens with one attached hydrogen (secondary N) is 2. The Labute approximate surface area is 244 Å². The minimum atomic E-state index is -4.80. The molecule has 1 aliphatic carbocycles. The molecule has 2 aromatic rings. The van der Waals surface area contributed by atoms with Gasteiger partial charge in [-0.05, 0) is 61.6 Å². The van der Waals surface area contributed by atoms with Crippen LogP contribution in [0.4, 0.5) is 32.8 Å². The number of nitrogens with zero attached hydrogens (tertiary/aromatic N) is 2. The van der Waals surface area contributed by atoms with Crippen LogP contribution >= 0.6 is 0 Å². The molecule has 230 valence electrons. The molecule has 1 spiro atoms. The summed E-state index contributed by atoms with van der Waals surface area (Å²) >= 11 is 0. The molecular weight excluding hydrogens is 576 g/mol. The van der Waals surface area contributed by atoms with E-state index in [9.17, 15) is 36.7 Å². The number of carbonyl (C=O) groups excluding carboxylic acids is 4. The highest BCUT2D eigenvalue weighted by Gasteiger charge is 2.58. The van der Waals surface area contributed by atoms with Crippen molar-refractivity contribution in [3.63, 3.8) is 0 Å². The van der Waals surface area contributed by atoms with Crippen LogP contribution in [0.1, 0.15) is 42.9 Å². The zero-order chi connectivity index (χ0) is 30.9. The summed E-state index contributed by atoms with van der Waals surface area (Å²) in [5.41, 5.74) is -0.0489. The number of alkyl halides is 3. The third kappa shape index (κ3) is 6.28. The number of hydrogen-bond acceptors (Lipinski definition) is 6. The zero-order valence-electron chi connectivity index (χ0n) is 23.2. The molecule has 10 nitrogen and oxygen atoms in total. The van der Waals surface area contributed by atoms with Crippen LogP contribution < -0.4 is 10.6 Å². The van der Waals surface area contributed by atoms with Crippen LogP contribution in [0.5, 0.6) is 0 Å². The van der Waals surface area contributed by atoms with Crippen LogP contribution in [0.2, 0.25) is 0 Å². The van der Waals surface area contributed by atoms with Gasteiger partial charge >= 0.3 is 18.3 Å². The molecule has 0 bridgehead atoms. The van der Waals surface area contributed by atoms with Crippen LogP contribution in [0.25, 0.3) is 0 Å². The summed E-state index contributed by atoms with van der Waals surface area (Å²) in [6.07, 6.45) is -3.81. The number of urea groups is 1. The van der Waals surface area contributed by atoms with Gasteiger partial charge in [-0.25, -0.2) is 18.9 Å². The summed E-state index contributed by atoms with van der Waals surface area (Å²) < 4.78 is 65.3. The molecule has 3 aliphatic rings. The molecule has 2 N–H and O–H groups in total. The van der Waals surface area contributed by atoms with E-state index in [0.29, 0.717) is 46.2 Å². The molecule has 2 heterocycles. The number of amides is 5. The van der Waals surface area contributed by atoms with Crippen molar-refractivity contribution in [1.29, 1.82) is 0 Å². The Hall–Kier alpha value is -4.20. The van der Waals surface area contributed by atoms with E-state index in [2.05, 4.69) is 10.6 Å². The molecule has 2 aromatic carbocycles. The van der Waals surface area contributed by atoms with Gasteiger partial charge in [0.05, 0.1) is 6.10 Å². The summed E-state index contributed by atoms with van der Waals surface area (Å²) in [5.74, 6) is -2.59. The Morgan fingerprint density at radius 2 is 1.91 bits per heavy atom. The summed E-state index contributed by atoms with van der Waals surface area (Å²) in [7, 11) is 0. The van der Waals surface area contributed by atoms with E-state index in [1.54, 1.807) is 18.2 Å². The van der Waals surface area contributed by atoms with Gasteiger partial charge in [-0.1, -0.05) is 18.2 Å². The van der Waals surface area contributed by atoms with Gasteiger partial charge in [-0.3, -0.25) is 9.59 Å². The Morgan fingerprint density at radius 1 is 1.16 bits per heavy atom. The normalized spacial score (nSPS) is 22.0. The number of ether oxygens (including phenoxy) is 2.